The molecule has 1 aromatic rings. The van der Waals surface area contributed by atoms with Crippen molar-refractivity contribution in [3.05, 3.63) is 47.4 Å². The fourth-order valence-electron chi connectivity index (χ4n) is 1.31. The summed E-state index contributed by atoms with van der Waals surface area (Å²) in [6, 6.07) is 8.03. The van der Waals surface area contributed by atoms with Crippen LogP contribution < -0.4 is 10.6 Å². The zero-order valence-electron chi connectivity index (χ0n) is 10.1. The predicted molar refractivity (Wildman–Crippen MR) is 70.7 cm³/mol. The highest BCUT2D eigenvalue weighted by molar-refractivity contribution is 6.18. The minimum absolute atomic E-state index is 0.0820. The first-order chi connectivity index (χ1) is 9.19. The van der Waals surface area contributed by atoms with Crippen LogP contribution in [0.3, 0.4) is 0 Å². The Morgan fingerprint density at radius 3 is 2.84 bits per heavy atom. The molecule has 0 aromatic heterocycles. The second-order valence-corrected chi connectivity index (χ2v) is 3.96. The maximum atomic E-state index is 13.3. The predicted octanol–water partition coefficient (Wildman–Crippen LogP) is 1.68. The zero-order valence-corrected chi connectivity index (χ0v) is 10.9. The van der Waals surface area contributed by atoms with E-state index in [1.807, 2.05) is 0 Å². The molecule has 6 heteroatoms. The van der Waals surface area contributed by atoms with Gasteiger partial charge in [-0.1, -0.05) is 18.2 Å². The number of rotatable bonds is 6. The molecule has 19 heavy (non-hydrogen) atoms. The van der Waals surface area contributed by atoms with Gasteiger partial charge in [-0.2, -0.15) is 5.26 Å². The maximum absolute atomic E-state index is 13.3. The van der Waals surface area contributed by atoms with E-state index in [0.717, 1.165) is 0 Å². The summed E-state index contributed by atoms with van der Waals surface area (Å²) in [5.74, 6) is -0.578. The van der Waals surface area contributed by atoms with Crippen LogP contribution in [0.15, 0.2) is 36.0 Å². The first-order valence-corrected chi connectivity index (χ1v) is 6.13. The molecule has 0 saturated heterocycles. The summed E-state index contributed by atoms with van der Waals surface area (Å²) in [5, 5.41) is 14.0. The number of halogens is 2. The Hall–Kier alpha value is -2.06. The van der Waals surface area contributed by atoms with Crippen molar-refractivity contribution in [3.63, 3.8) is 0 Å². The smallest absolute Gasteiger partial charge is 0.263 e. The van der Waals surface area contributed by atoms with Gasteiger partial charge in [-0.25, -0.2) is 4.39 Å². The van der Waals surface area contributed by atoms with Gasteiger partial charge in [0.2, 0.25) is 0 Å². The van der Waals surface area contributed by atoms with Gasteiger partial charge in [-0.3, -0.25) is 4.79 Å². The third kappa shape index (κ3) is 4.98. The van der Waals surface area contributed by atoms with E-state index in [9.17, 15) is 9.18 Å². The number of amides is 1. The Balaban J connectivity index is 2.57. The van der Waals surface area contributed by atoms with Gasteiger partial charge in [0.05, 0.1) is 0 Å². The van der Waals surface area contributed by atoms with Crippen LogP contribution in [0.5, 0.6) is 0 Å². The number of nitrogens with zero attached hydrogens (tertiary/aromatic N) is 1. The van der Waals surface area contributed by atoms with E-state index in [1.54, 1.807) is 24.3 Å². The van der Waals surface area contributed by atoms with Crippen molar-refractivity contribution in [2.75, 3.05) is 12.4 Å². The molecule has 0 atom stereocenters. The van der Waals surface area contributed by atoms with E-state index < -0.39 is 5.91 Å². The Kier molecular flexibility index (Phi) is 6.41. The summed E-state index contributed by atoms with van der Waals surface area (Å²) in [7, 11) is 0. The van der Waals surface area contributed by atoms with Crippen LogP contribution in [0.4, 0.5) is 4.39 Å². The number of nitriles is 1. The van der Waals surface area contributed by atoms with Crippen molar-refractivity contribution in [3.8, 4) is 6.07 Å². The lowest BCUT2D eigenvalue weighted by molar-refractivity contribution is -0.117. The van der Waals surface area contributed by atoms with E-state index in [-0.39, 0.29) is 30.4 Å². The largest absolute Gasteiger partial charge is 0.385 e. The van der Waals surface area contributed by atoms with E-state index in [0.29, 0.717) is 5.56 Å². The van der Waals surface area contributed by atoms with Crippen molar-refractivity contribution in [2.45, 2.75) is 6.54 Å². The highest BCUT2D eigenvalue weighted by Crippen LogP contribution is 2.05. The first-order valence-electron chi connectivity index (χ1n) is 5.60. The first kappa shape index (κ1) is 15.0. The lowest BCUT2D eigenvalue weighted by Crippen LogP contribution is -2.27. The van der Waals surface area contributed by atoms with Gasteiger partial charge in [0.15, 0.2) is 0 Å². The van der Waals surface area contributed by atoms with Gasteiger partial charge in [0, 0.05) is 30.7 Å². The molecule has 0 unspecified atom stereocenters. The quantitative estimate of drug-likeness (QED) is 0.474. The molecule has 1 aromatic carbocycles. The maximum Gasteiger partial charge on any atom is 0.263 e. The number of carbonyl (C=O) groups is 1. The molecule has 1 rings (SSSR count). The summed E-state index contributed by atoms with van der Waals surface area (Å²) in [5.41, 5.74) is 0.374. The van der Waals surface area contributed by atoms with Crippen LogP contribution in [0.25, 0.3) is 0 Å². The Morgan fingerprint density at radius 1 is 1.47 bits per heavy atom. The Labute approximate surface area is 115 Å². The van der Waals surface area contributed by atoms with Gasteiger partial charge in [0.1, 0.15) is 17.5 Å². The molecule has 0 aliphatic rings. The van der Waals surface area contributed by atoms with Crippen molar-refractivity contribution >= 4 is 17.5 Å². The second kappa shape index (κ2) is 8.11. The average Bonchev–Trinajstić information content (AvgIpc) is 2.43. The van der Waals surface area contributed by atoms with Crippen LogP contribution in [0.1, 0.15) is 5.56 Å². The minimum Gasteiger partial charge on any atom is -0.385 e. The molecule has 0 bridgehead atoms. The zero-order chi connectivity index (χ0) is 14.1. The van der Waals surface area contributed by atoms with Gasteiger partial charge in [-0.15, -0.1) is 11.6 Å². The third-order valence-corrected chi connectivity index (χ3v) is 2.43. The van der Waals surface area contributed by atoms with E-state index >= 15 is 0 Å². The molecule has 4 nitrogen and oxygen atoms in total. The molecule has 0 radical (unpaired) electrons. The van der Waals surface area contributed by atoms with Crippen molar-refractivity contribution in [2.24, 2.45) is 0 Å². The molecule has 0 saturated carbocycles. The standard InChI is InChI=1S/C13H13ClFN3O/c14-5-6-18-13(19)11(7-16)9-17-8-10-3-1-2-4-12(10)15/h1-4,9,17H,5-6,8H2,(H,18,19)/b11-9-. The lowest BCUT2D eigenvalue weighted by atomic mass is 10.2. The van der Waals surface area contributed by atoms with Crippen LogP contribution >= 0.6 is 11.6 Å². The lowest BCUT2D eigenvalue weighted by Gasteiger charge is -2.04. The number of hydrogen-bond donors (Lipinski definition) is 2. The van der Waals surface area contributed by atoms with Crippen LogP contribution in [-0.2, 0) is 11.3 Å². The monoisotopic (exact) mass is 281 g/mol. The third-order valence-electron chi connectivity index (χ3n) is 2.24. The van der Waals surface area contributed by atoms with Crippen molar-refractivity contribution in [1.82, 2.24) is 10.6 Å². The summed E-state index contributed by atoms with van der Waals surface area (Å²) in [6.07, 6.45) is 1.26. The molecule has 0 fully saturated rings. The minimum atomic E-state index is -0.510. The molecule has 0 spiro atoms. The van der Waals surface area contributed by atoms with Gasteiger partial charge < -0.3 is 10.6 Å². The fraction of sp³-hybridized carbons (Fsp3) is 0.231. The number of benzene rings is 1. The molecular weight excluding hydrogens is 269 g/mol. The van der Waals surface area contributed by atoms with Crippen molar-refractivity contribution < 1.29 is 9.18 Å². The number of hydrogen-bond acceptors (Lipinski definition) is 3. The summed E-state index contributed by atoms with van der Waals surface area (Å²) >= 11 is 5.42. The number of alkyl halides is 1. The van der Waals surface area contributed by atoms with Crippen LogP contribution in [0.2, 0.25) is 0 Å². The summed E-state index contributed by atoms with van der Waals surface area (Å²) < 4.78 is 13.3. The SMILES string of the molecule is N#C/C(=C/NCc1ccccc1F)C(=O)NCCCl. The molecular formula is C13H13ClFN3O. The van der Waals surface area contributed by atoms with Gasteiger partial charge >= 0.3 is 0 Å². The fourth-order valence-corrected chi connectivity index (χ4v) is 1.40. The topological polar surface area (TPSA) is 64.9 Å². The molecule has 0 heterocycles. The number of carbonyl (C=O) groups excluding carboxylic acids is 1. The Morgan fingerprint density at radius 2 is 2.21 bits per heavy atom. The summed E-state index contributed by atoms with van der Waals surface area (Å²) in [4.78, 5) is 11.5. The van der Waals surface area contributed by atoms with Crippen LogP contribution in [-0.4, -0.2) is 18.3 Å². The summed E-state index contributed by atoms with van der Waals surface area (Å²) in [6.45, 7) is 0.480. The molecule has 0 aliphatic carbocycles. The second-order valence-electron chi connectivity index (χ2n) is 3.59. The van der Waals surface area contributed by atoms with Crippen LogP contribution in [0, 0.1) is 17.1 Å². The van der Waals surface area contributed by atoms with Gasteiger partial charge in [0.25, 0.3) is 5.91 Å². The molecule has 100 valence electrons. The molecule has 0 aliphatic heterocycles. The normalized spacial score (nSPS) is 10.7. The number of nitrogens with one attached hydrogen (secondary N) is 2. The molecule has 2 N–H and O–H groups in total. The Bertz CT molecular complexity index is 511. The van der Waals surface area contributed by atoms with Gasteiger partial charge in [-0.05, 0) is 6.07 Å². The van der Waals surface area contributed by atoms with E-state index in [2.05, 4.69) is 10.6 Å². The molecule has 1 amide bonds. The van der Waals surface area contributed by atoms with E-state index in [4.69, 9.17) is 16.9 Å². The highest BCUT2D eigenvalue weighted by Gasteiger charge is 2.07. The van der Waals surface area contributed by atoms with E-state index in [1.165, 1.54) is 12.3 Å². The average molecular weight is 282 g/mol. The van der Waals surface area contributed by atoms with Crippen molar-refractivity contribution in [1.29, 1.82) is 5.26 Å². The highest BCUT2D eigenvalue weighted by atomic mass is 35.5.